The second-order valence-electron chi connectivity index (χ2n) is 5.72. The monoisotopic (exact) mass is 246 g/mol. The lowest BCUT2D eigenvalue weighted by Crippen LogP contribution is -2.26. The minimum atomic E-state index is 0.438. The molecule has 0 aliphatic carbocycles. The number of nitrogens with zero attached hydrogens (tertiary/aromatic N) is 6. The molecule has 1 aliphatic heterocycles. The van der Waals surface area contributed by atoms with Crippen LogP contribution in [0.3, 0.4) is 0 Å². The Balaban J connectivity index is 1.85. The Labute approximate surface area is 106 Å². The Hall–Kier alpha value is -1.72. The van der Waals surface area contributed by atoms with E-state index in [2.05, 4.69) is 39.4 Å². The van der Waals surface area contributed by atoms with Crippen molar-refractivity contribution in [2.24, 2.45) is 5.41 Å². The van der Waals surface area contributed by atoms with Gasteiger partial charge in [0.05, 0.1) is 0 Å². The number of rotatable bonds is 1. The van der Waals surface area contributed by atoms with Crippen molar-refractivity contribution in [3.8, 4) is 0 Å². The predicted molar refractivity (Wildman–Crippen MR) is 68.4 cm³/mol. The molecule has 0 spiro atoms. The first-order chi connectivity index (χ1) is 8.64. The number of tetrazole rings is 1. The van der Waals surface area contributed by atoms with E-state index in [1.165, 1.54) is 23.9 Å². The largest absolute Gasteiger partial charge is 0.355 e. The van der Waals surface area contributed by atoms with Gasteiger partial charge in [-0.25, -0.2) is 0 Å². The molecule has 0 unspecified atom stereocenters. The molecule has 18 heavy (non-hydrogen) atoms. The highest BCUT2D eigenvalue weighted by atomic mass is 15.6. The summed E-state index contributed by atoms with van der Waals surface area (Å²) in [6.45, 7) is 6.79. The standard InChI is InChI=1S/C12H18N6/c1-12(2)6-3-8-17(9-7-12)11-5-4-10-13-15-16-18(10)14-11/h4-5H,3,6-9H2,1-2H3. The third-order valence-electron chi connectivity index (χ3n) is 3.72. The molecule has 0 radical (unpaired) electrons. The minimum Gasteiger partial charge on any atom is -0.355 e. The summed E-state index contributed by atoms with van der Waals surface area (Å²) in [7, 11) is 0. The quantitative estimate of drug-likeness (QED) is 0.763. The van der Waals surface area contributed by atoms with Gasteiger partial charge in [0, 0.05) is 13.1 Å². The fourth-order valence-corrected chi connectivity index (χ4v) is 2.46. The second kappa shape index (κ2) is 4.19. The summed E-state index contributed by atoms with van der Waals surface area (Å²) < 4.78 is 1.49. The van der Waals surface area contributed by atoms with E-state index in [-0.39, 0.29) is 0 Å². The number of hydrogen-bond acceptors (Lipinski definition) is 5. The van der Waals surface area contributed by atoms with Crippen molar-refractivity contribution in [1.29, 1.82) is 0 Å². The molecule has 1 aliphatic rings. The second-order valence-corrected chi connectivity index (χ2v) is 5.72. The van der Waals surface area contributed by atoms with E-state index in [4.69, 9.17) is 0 Å². The Kier molecular flexibility index (Phi) is 2.65. The third-order valence-corrected chi connectivity index (χ3v) is 3.72. The van der Waals surface area contributed by atoms with Crippen LogP contribution < -0.4 is 4.90 Å². The average molecular weight is 246 g/mol. The molecule has 1 saturated heterocycles. The average Bonchev–Trinajstić information content (AvgIpc) is 2.72. The predicted octanol–water partition coefficient (Wildman–Crippen LogP) is 1.54. The van der Waals surface area contributed by atoms with Crippen LogP contribution in [-0.4, -0.2) is 38.3 Å². The van der Waals surface area contributed by atoms with Crippen LogP contribution in [0.2, 0.25) is 0 Å². The van der Waals surface area contributed by atoms with Crippen molar-refractivity contribution in [2.45, 2.75) is 33.1 Å². The number of hydrogen-bond donors (Lipinski definition) is 0. The van der Waals surface area contributed by atoms with Crippen LogP contribution in [-0.2, 0) is 0 Å². The first-order valence-corrected chi connectivity index (χ1v) is 6.44. The van der Waals surface area contributed by atoms with Crippen molar-refractivity contribution in [1.82, 2.24) is 25.3 Å². The summed E-state index contributed by atoms with van der Waals surface area (Å²) in [6, 6.07) is 3.92. The molecule has 0 saturated carbocycles. The normalized spacial score (nSPS) is 20.0. The van der Waals surface area contributed by atoms with Crippen LogP contribution in [0.15, 0.2) is 12.1 Å². The van der Waals surface area contributed by atoms with Crippen LogP contribution in [0.25, 0.3) is 5.65 Å². The molecule has 0 N–H and O–H groups in total. The van der Waals surface area contributed by atoms with Gasteiger partial charge in [-0.2, -0.15) is 0 Å². The molecule has 3 heterocycles. The number of fused-ring (bicyclic) bond motifs is 1. The van der Waals surface area contributed by atoms with Gasteiger partial charge in [-0.1, -0.05) is 13.8 Å². The van der Waals surface area contributed by atoms with Gasteiger partial charge in [-0.3, -0.25) is 0 Å². The number of aromatic nitrogens is 5. The van der Waals surface area contributed by atoms with E-state index in [9.17, 15) is 0 Å². The van der Waals surface area contributed by atoms with Crippen molar-refractivity contribution in [2.75, 3.05) is 18.0 Å². The molecule has 0 amide bonds. The van der Waals surface area contributed by atoms with Gasteiger partial charge in [0.1, 0.15) is 0 Å². The molecule has 96 valence electrons. The summed E-state index contributed by atoms with van der Waals surface area (Å²) >= 11 is 0. The van der Waals surface area contributed by atoms with E-state index in [0.29, 0.717) is 11.1 Å². The lowest BCUT2D eigenvalue weighted by Gasteiger charge is -2.23. The Bertz CT molecular complexity index is 546. The van der Waals surface area contributed by atoms with Crippen LogP contribution in [0.4, 0.5) is 5.82 Å². The molecule has 0 aromatic carbocycles. The summed E-state index contributed by atoms with van der Waals surface area (Å²) in [4.78, 5) is 2.33. The highest BCUT2D eigenvalue weighted by Gasteiger charge is 2.23. The number of anilines is 1. The van der Waals surface area contributed by atoms with Crippen molar-refractivity contribution in [3.63, 3.8) is 0 Å². The molecular formula is C12H18N6. The summed E-state index contributed by atoms with van der Waals surface area (Å²) in [5.74, 6) is 0.965. The maximum Gasteiger partial charge on any atom is 0.200 e. The highest BCUT2D eigenvalue weighted by Crippen LogP contribution is 2.30. The van der Waals surface area contributed by atoms with Crippen LogP contribution in [0.5, 0.6) is 0 Å². The van der Waals surface area contributed by atoms with Gasteiger partial charge in [0.15, 0.2) is 11.5 Å². The topological polar surface area (TPSA) is 59.2 Å². The van der Waals surface area contributed by atoms with E-state index in [0.717, 1.165) is 18.9 Å². The van der Waals surface area contributed by atoms with Gasteiger partial charge in [0.25, 0.3) is 0 Å². The van der Waals surface area contributed by atoms with Gasteiger partial charge in [0.2, 0.25) is 0 Å². The van der Waals surface area contributed by atoms with Crippen LogP contribution >= 0.6 is 0 Å². The first kappa shape index (κ1) is 11.4. The maximum absolute atomic E-state index is 4.45. The van der Waals surface area contributed by atoms with E-state index in [1.54, 1.807) is 0 Å². The zero-order valence-electron chi connectivity index (χ0n) is 10.9. The Morgan fingerprint density at radius 1 is 1.17 bits per heavy atom. The zero-order chi connectivity index (χ0) is 12.6. The SMILES string of the molecule is CC1(C)CCCN(c2ccc3nnnn3n2)CC1. The maximum atomic E-state index is 4.45. The van der Waals surface area contributed by atoms with Gasteiger partial charge in [-0.05, 0) is 47.2 Å². The van der Waals surface area contributed by atoms with Gasteiger partial charge in [-0.15, -0.1) is 14.8 Å². The van der Waals surface area contributed by atoms with E-state index in [1.807, 2.05) is 12.1 Å². The molecule has 2 aromatic heterocycles. The minimum absolute atomic E-state index is 0.438. The van der Waals surface area contributed by atoms with Gasteiger partial charge < -0.3 is 4.90 Å². The van der Waals surface area contributed by atoms with Crippen LogP contribution in [0, 0.1) is 5.41 Å². The molecule has 2 aromatic rings. The first-order valence-electron chi connectivity index (χ1n) is 6.44. The smallest absolute Gasteiger partial charge is 0.200 e. The fraction of sp³-hybridized carbons (Fsp3) is 0.667. The molecular weight excluding hydrogens is 228 g/mol. The molecule has 6 nitrogen and oxygen atoms in total. The van der Waals surface area contributed by atoms with Gasteiger partial charge >= 0.3 is 0 Å². The van der Waals surface area contributed by atoms with Crippen molar-refractivity contribution in [3.05, 3.63) is 12.1 Å². The molecule has 3 rings (SSSR count). The lowest BCUT2D eigenvalue weighted by molar-refractivity contribution is 0.325. The zero-order valence-corrected chi connectivity index (χ0v) is 10.9. The molecule has 6 heteroatoms. The molecule has 0 bridgehead atoms. The van der Waals surface area contributed by atoms with Crippen molar-refractivity contribution < 1.29 is 0 Å². The summed E-state index contributed by atoms with van der Waals surface area (Å²) in [5, 5.41) is 15.8. The lowest BCUT2D eigenvalue weighted by atomic mass is 9.85. The Morgan fingerprint density at radius 2 is 2.06 bits per heavy atom. The highest BCUT2D eigenvalue weighted by molar-refractivity contribution is 5.44. The molecule has 1 fully saturated rings. The summed E-state index contributed by atoms with van der Waals surface area (Å²) in [6.07, 6.45) is 3.68. The Morgan fingerprint density at radius 3 is 2.94 bits per heavy atom. The van der Waals surface area contributed by atoms with Crippen LogP contribution in [0.1, 0.15) is 33.1 Å². The fourth-order valence-electron chi connectivity index (χ4n) is 2.46. The third kappa shape index (κ3) is 2.14. The van der Waals surface area contributed by atoms with E-state index >= 15 is 0 Å². The molecule has 0 atom stereocenters. The van der Waals surface area contributed by atoms with Crippen molar-refractivity contribution >= 4 is 11.5 Å². The van der Waals surface area contributed by atoms with E-state index < -0.39 is 0 Å². The summed E-state index contributed by atoms with van der Waals surface area (Å²) in [5.41, 5.74) is 1.13.